The van der Waals surface area contributed by atoms with Crippen LogP contribution in [0, 0.1) is 0 Å². The molecular formula is C13H17ClO3S. The summed E-state index contributed by atoms with van der Waals surface area (Å²) < 4.78 is 11.0. The molecule has 0 amide bonds. The van der Waals surface area contributed by atoms with Gasteiger partial charge in [-0.05, 0) is 24.1 Å². The normalized spacial score (nSPS) is 15.5. The van der Waals surface area contributed by atoms with Crippen molar-refractivity contribution in [3.8, 4) is 11.5 Å². The molecule has 2 rings (SSSR count). The van der Waals surface area contributed by atoms with E-state index in [2.05, 4.69) is 6.92 Å². The average Bonchev–Trinajstić information content (AvgIpc) is 2.37. The fourth-order valence-electron chi connectivity index (χ4n) is 1.75. The lowest BCUT2D eigenvalue weighted by Gasteiger charge is -2.20. The Bertz CT molecular complexity index is 411. The van der Waals surface area contributed by atoms with Gasteiger partial charge in [0.15, 0.2) is 11.5 Å². The molecule has 1 aliphatic rings. The maximum Gasteiger partial charge on any atom is 0.179 e. The first-order valence-corrected chi connectivity index (χ1v) is 7.44. The summed E-state index contributed by atoms with van der Waals surface area (Å²) in [5.74, 6) is 2.25. The maximum atomic E-state index is 8.87. The molecule has 1 aromatic rings. The molecule has 1 heterocycles. The van der Waals surface area contributed by atoms with Gasteiger partial charge < -0.3 is 14.6 Å². The van der Waals surface area contributed by atoms with Crippen molar-refractivity contribution in [2.24, 2.45) is 0 Å². The van der Waals surface area contributed by atoms with Gasteiger partial charge in [0.05, 0.1) is 5.02 Å². The summed E-state index contributed by atoms with van der Waals surface area (Å²) in [5, 5.41) is 9.91. The van der Waals surface area contributed by atoms with Gasteiger partial charge in [-0.1, -0.05) is 18.5 Å². The molecule has 0 saturated carbocycles. The molecule has 1 N–H and O–H groups in total. The van der Waals surface area contributed by atoms with Crippen LogP contribution in [0.1, 0.15) is 18.9 Å². The lowest BCUT2D eigenvalue weighted by atomic mass is 10.2. The standard InChI is InChI=1S/C13H17ClO3S/c1-9(2-3-15)18-8-10-6-11(14)13-12(7-10)16-4-5-17-13/h6-7,9,15H,2-5,8H2,1H3. The minimum atomic E-state index is 0.232. The topological polar surface area (TPSA) is 38.7 Å². The van der Waals surface area contributed by atoms with E-state index in [1.54, 1.807) is 11.8 Å². The first kappa shape index (κ1) is 13.8. The Morgan fingerprint density at radius 2 is 2.17 bits per heavy atom. The van der Waals surface area contributed by atoms with E-state index in [9.17, 15) is 0 Å². The van der Waals surface area contributed by atoms with Crippen LogP contribution >= 0.6 is 23.4 Å². The van der Waals surface area contributed by atoms with E-state index in [0.29, 0.717) is 29.2 Å². The molecule has 18 heavy (non-hydrogen) atoms. The maximum absolute atomic E-state index is 8.87. The summed E-state index contributed by atoms with van der Waals surface area (Å²) in [5.41, 5.74) is 1.12. The van der Waals surface area contributed by atoms with Gasteiger partial charge >= 0.3 is 0 Å². The van der Waals surface area contributed by atoms with Gasteiger partial charge in [0.25, 0.3) is 0 Å². The summed E-state index contributed by atoms with van der Waals surface area (Å²) in [6.07, 6.45) is 0.808. The van der Waals surface area contributed by atoms with Crippen LogP contribution in [0.25, 0.3) is 0 Å². The van der Waals surface area contributed by atoms with Crippen molar-refractivity contribution in [1.82, 2.24) is 0 Å². The smallest absolute Gasteiger partial charge is 0.179 e. The fourth-order valence-corrected chi connectivity index (χ4v) is 2.95. The van der Waals surface area contributed by atoms with E-state index in [-0.39, 0.29) is 6.61 Å². The number of aliphatic hydroxyl groups is 1. The van der Waals surface area contributed by atoms with Crippen molar-refractivity contribution >= 4 is 23.4 Å². The number of halogens is 1. The van der Waals surface area contributed by atoms with Crippen LogP contribution in [-0.4, -0.2) is 30.2 Å². The fraction of sp³-hybridized carbons (Fsp3) is 0.538. The van der Waals surface area contributed by atoms with Crippen molar-refractivity contribution < 1.29 is 14.6 Å². The molecule has 1 aliphatic heterocycles. The van der Waals surface area contributed by atoms with Crippen molar-refractivity contribution in [2.45, 2.75) is 24.3 Å². The highest BCUT2D eigenvalue weighted by atomic mass is 35.5. The predicted molar refractivity (Wildman–Crippen MR) is 74.9 cm³/mol. The lowest BCUT2D eigenvalue weighted by molar-refractivity contribution is 0.171. The van der Waals surface area contributed by atoms with Crippen LogP contribution in [0.5, 0.6) is 11.5 Å². The van der Waals surface area contributed by atoms with Crippen LogP contribution in [0.3, 0.4) is 0 Å². The molecule has 1 aromatic carbocycles. The molecule has 0 radical (unpaired) electrons. The molecule has 100 valence electrons. The van der Waals surface area contributed by atoms with E-state index in [1.807, 2.05) is 12.1 Å². The quantitative estimate of drug-likeness (QED) is 0.903. The number of ether oxygens (including phenoxy) is 2. The second-order valence-corrected chi connectivity index (χ2v) is 6.07. The molecule has 3 nitrogen and oxygen atoms in total. The van der Waals surface area contributed by atoms with E-state index in [4.69, 9.17) is 26.2 Å². The van der Waals surface area contributed by atoms with Crippen molar-refractivity contribution in [3.63, 3.8) is 0 Å². The largest absolute Gasteiger partial charge is 0.486 e. The average molecular weight is 289 g/mol. The zero-order valence-corrected chi connectivity index (χ0v) is 11.9. The minimum Gasteiger partial charge on any atom is -0.486 e. The van der Waals surface area contributed by atoms with Gasteiger partial charge in [-0.25, -0.2) is 0 Å². The number of aliphatic hydroxyl groups excluding tert-OH is 1. The Morgan fingerprint density at radius 1 is 1.39 bits per heavy atom. The van der Waals surface area contributed by atoms with Gasteiger partial charge in [0, 0.05) is 17.6 Å². The minimum absolute atomic E-state index is 0.232. The second kappa shape index (κ2) is 6.55. The Labute approximate surface area is 116 Å². The Morgan fingerprint density at radius 3 is 2.94 bits per heavy atom. The van der Waals surface area contributed by atoms with Crippen LogP contribution in [-0.2, 0) is 5.75 Å². The summed E-state index contributed by atoms with van der Waals surface area (Å²) in [7, 11) is 0. The Kier molecular flexibility index (Phi) is 5.03. The number of rotatable bonds is 5. The zero-order chi connectivity index (χ0) is 13.0. The van der Waals surface area contributed by atoms with Crippen LogP contribution in [0.15, 0.2) is 12.1 Å². The van der Waals surface area contributed by atoms with Crippen molar-refractivity contribution in [1.29, 1.82) is 0 Å². The van der Waals surface area contributed by atoms with Gasteiger partial charge in [-0.3, -0.25) is 0 Å². The van der Waals surface area contributed by atoms with Crippen molar-refractivity contribution in [2.75, 3.05) is 19.8 Å². The lowest BCUT2D eigenvalue weighted by Crippen LogP contribution is -2.15. The molecule has 5 heteroatoms. The second-order valence-electron chi connectivity index (χ2n) is 4.24. The first-order valence-electron chi connectivity index (χ1n) is 6.01. The van der Waals surface area contributed by atoms with Gasteiger partial charge in [0.1, 0.15) is 13.2 Å². The molecule has 0 bridgehead atoms. The third-order valence-corrected chi connectivity index (χ3v) is 4.31. The summed E-state index contributed by atoms with van der Waals surface area (Å²) in [4.78, 5) is 0. The summed E-state index contributed by atoms with van der Waals surface area (Å²) in [6.45, 7) is 3.46. The molecule has 1 atom stereocenters. The molecule has 0 fully saturated rings. The predicted octanol–water partition coefficient (Wildman–Crippen LogP) is 3.12. The van der Waals surface area contributed by atoms with Gasteiger partial charge in [0.2, 0.25) is 0 Å². The molecule has 0 spiro atoms. The first-order chi connectivity index (χ1) is 8.70. The molecular weight excluding hydrogens is 272 g/mol. The highest BCUT2D eigenvalue weighted by Gasteiger charge is 2.16. The van der Waals surface area contributed by atoms with Crippen LogP contribution in [0.2, 0.25) is 5.02 Å². The Hall–Kier alpha value is -0.580. The summed E-state index contributed by atoms with van der Waals surface area (Å²) in [6, 6.07) is 3.91. The number of thioether (sulfide) groups is 1. The van der Waals surface area contributed by atoms with E-state index >= 15 is 0 Å². The van der Waals surface area contributed by atoms with E-state index < -0.39 is 0 Å². The van der Waals surface area contributed by atoms with Crippen LogP contribution in [0.4, 0.5) is 0 Å². The SMILES string of the molecule is CC(CCO)SCc1cc(Cl)c2c(c1)OCCO2. The third-order valence-electron chi connectivity index (χ3n) is 2.73. The monoisotopic (exact) mass is 288 g/mol. The Balaban J connectivity index is 2.03. The van der Waals surface area contributed by atoms with Crippen LogP contribution < -0.4 is 9.47 Å². The number of hydrogen-bond acceptors (Lipinski definition) is 4. The molecule has 0 saturated heterocycles. The van der Waals surface area contributed by atoms with Crippen molar-refractivity contribution in [3.05, 3.63) is 22.7 Å². The highest BCUT2D eigenvalue weighted by molar-refractivity contribution is 7.99. The van der Waals surface area contributed by atoms with E-state index in [0.717, 1.165) is 23.5 Å². The molecule has 1 unspecified atom stereocenters. The van der Waals surface area contributed by atoms with Gasteiger partial charge in [-0.15, -0.1) is 0 Å². The number of fused-ring (bicyclic) bond motifs is 1. The molecule has 0 aliphatic carbocycles. The molecule has 0 aromatic heterocycles. The number of benzene rings is 1. The summed E-state index contributed by atoms with van der Waals surface area (Å²) >= 11 is 7.97. The van der Waals surface area contributed by atoms with E-state index in [1.165, 1.54) is 0 Å². The number of hydrogen-bond donors (Lipinski definition) is 1. The zero-order valence-electron chi connectivity index (χ0n) is 10.3. The highest BCUT2D eigenvalue weighted by Crippen LogP contribution is 2.39. The van der Waals surface area contributed by atoms with Gasteiger partial charge in [-0.2, -0.15) is 11.8 Å². The third kappa shape index (κ3) is 3.46.